The number of carbonyl (C=O) groups is 2. The summed E-state index contributed by atoms with van der Waals surface area (Å²) in [7, 11) is 0. The van der Waals surface area contributed by atoms with Gasteiger partial charge in [0.25, 0.3) is 0 Å². The van der Waals surface area contributed by atoms with E-state index in [0.29, 0.717) is 37.4 Å². The van der Waals surface area contributed by atoms with Crippen LogP contribution in [0.5, 0.6) is 0 Å². The normalized spacial score (nSPS) is 17.1. The highest BCUT2D eigenvalue weighted by Gasteiger charge is 2.28. The molecule has 2 N–H and O–H groups in total. The van der Waals surface area contributed by atoms with Crippen molar-refractivity contribution in [1.29, 1.82) is 0 Å². The van der Waals surface area contributed by atoms with E-state index in [1.807, 2.05) is 43.0 Å². The van der Waals surface area contributed by atoms with Gasteiger partial charge in [-0.25, -0.2) is 0 Å². The fourth-order valence-corrected chi connectivity index (χ4v) is 3.23. The molecule has 0 spiro atoms. The van der Waals surface area contributed by atoms with Crippen LogP contribution in [0, 0.1) is 0 Å². The third-order valence-electron chi connectivity index (χ3n) is 4.07. The summed E-state index contributed by atoms with van der Waals surface area (Å²) in [6.45, 7) is 5.99. The molecule has 2 amide bonds. The Morgan fingerprint density at radius 2 is 2.04 bits per heavy atom. The summed E-state index contributed by atoms with van der Waals surface area (Å²) in [5, 5.41) is 6.85. The molecule has 2 rings (SSSR count). The van der Waals surface area contributed by atoms with E-state index in [0.717, 1.165) is 12.1 Å². The Balaban J connectivity index is 0.00000312. The zero-order valence-corrected chi connectivity index (χ0v) is 16.3. The molecule has 0 saturated carbocycles. The van der Waals surface area contributed by atoms with Crippen molar-refractivity contribution in [2.75, 3.05) is 19.6 Å². The van der Waals surface area contributed by atoms with Gasteiger partial charge in [-0.15, -0.1) is 12.4 Å². The van der Waals surface area contributed by atoms with Crippen LogP contribution in [-0.2, 0) is 9.59 Å². The summed E-state index contributed by atoms with van der Waals surface area (Å²) in [6, 6.07) is 7.73. The summed E-state index contributed by atoms with van der Waals surface area (Å²) in [4.78, 5) is 26.2. The Hall–Kier alpha value is -1.30. The van der Waals surface area contributed by atoms with Crippen LogP contribution in [0.1, 0.15) is 44.7 Å². The van der Waals surface area contributed by atoms with Gasteiger partial charge in [-0.1, -0.05) is 29.8 Å². The van der Waals surface area contributed by atoms with Crippen LogP contribution < -0.4 is 10.6 Å². The number of benzene rings is 1. The Bertz CT molecular complexity index is 581. The van der Waals surface area contributed by atoms with Crippen LogP contribution in [0.15, 0.2) is 24.3 Å². The Morgan fingerprint density at radius 1 is 1.32 bits per heavy atom. The lowest BCUT2D eigenvalue weighted by Crippen LogP contribution is -2.48. The summed E-state index contributed by atoms with van der Waals surface area (Å²) in [5.41, 5.74) is 0.970. The molecule has 1 fully saturated rings. The van der Waals surface area contributed by atoms with Gasteiger partial charge in [0.05, 0.1) is 6.04 Å². The van der Waals surface area contributed by atoms with E-state index >= 15 is 0 Å². The zero-order valence-electron chi connectivity index (χ0n) is 14.8. The number of nitrogens with one attached hydrogen (secondary N) is 2. The lowest BCUT2D eigenvalue weighted by molar-refractivity contribution is -0.134. The van der Waals surface area contributed by atoms with Crippen molar-refractivity contribution >= 4 is 35.8 Å². The number of halogens is 2. The predicted molar refractivity (Wildman–Crippen MR) is 103 cm³/mol. The second-order valence-corrected chi connectivity index (χ2v) is 6.81. The third-order valence-corrected chi connectivity index (χ3v) is 4.42. The second-order valence-electron chi connectivity index (χ2n) is 6.40. The number of hydrogen-bond donors (Lipinski definition) is 2. The highest BCUT2D eigenvalue weighted by atomic mass is 35.5. The van der Waals surface area contributed by atoms with E-state index in [4.69, 9.17) is 11.6 Å². The van der Waals surface area contributed by atoms with Gasteiger partial charge < -0.3 is 15.5 Å². The zero-order chi connectivity index (χ0) is 17.5. The predicted octanol–water partition coefficient (Wildman–Crippen LogP) is 2.93. The van der Waals surface area contributed by atoms with Gasteiger partial charge in [0.2, 0.25) is 11.8 Å². The van der Waals surface area contributed by atoms with Gasteiger partial charge in [-0.05, 0) is 31.9 Å². The van der Waals surface area contributed by atoms with Gasteiger partial charge in [-0.2, -0.15) is 0 Å². The number of amides is 2. The summed E-state index contributed by atoms with van der Waals surface area (Å²) in [6.07, 6.45) is 1.33. The van der Waals surface area contributed by atoms with Gasteiger partial charge in [0, 0.05) is 43.5 Å². The van der Waals surface area contributed by atoms with E-state index in [1.165, 1.54) is 0 Å². The first-order valence-electron chi connectivity index (χ1n) is 8.53. The minimum atomic E-state index is -0.0514. The number of carbonyl (C=O) groups excluding carboxylic acids is 2. The Morgan fingerprint density at radius 3 is 2.72 bits per heavy atom. The maximum atomic E-state index is 12.6. The monoisotopic (exact) mass is 387 g/mol. The van der Waals surface area contributed by atoms with Crippen LogP contribution in [0.4, 0.5) is 0 Å². The molecule has 0 radical (unpaired) electrons. The molecule has 1 aromatic carbocycles. The molecule has 1 aliphatic rings. The van der Waals surface area contributed by atoms with Crippen molar-refractivity contribution in [1.82, 2.24) is 15.5 Å². The van der Waals surface area contributed by atoms with Gasteiger partial charge in [0.15, 0.2) is 0 Å². The van der Waals surface area contributed by atoms with Crippen LogP contribution in [0.3, 0.4) is 0 Å². The van der Waals surface area contributed by atoms with Gasteiger partial charge >= 0.3 is 0 Å². The van der Waals surface area contributed by atoms with E-state index in [1.54, 1.807) is 0 Å². The molecule has 1 heterocycles. The standard InChI is InChI=1S/C18H26ClN3O2.ClH/c1-13(2)21-17(23)8-5-9-18(24)22-11-10-20-12-16(22)14-6-3-4-7-15(14)19;/h3-4,6-7,13,16,20H,5,8-12H2,1-2H3,(H,21,23);1H. The number of hydrogen-bond acceptors (Lipinski definition) is 3. The minimum Gasteiger partial charge on any atom is -0.354 e. The van der Waals surface area contributed by atoms with E-state index < -0.39 is 0 Å². The molecule has 1 unspecified atom stereocenters. The fourth-order valence-electron chi connectivity index (χ4n) is 2.96. The molecule has 140 valence electrons. The van der Waals surface area contributed by atoms with Crippen molar-refractivity contribution in [3.63, 3.8) is 0 Å². The summed E-state index contributed by atoms with van der Waals surface area (Å²) >= 11 is 6.30. The first-order chi connectivity index (χ1) is 11.5. The molecule has 1 atom stereocenters. The molecule has 5 nitrogen and oxygen atoms in total. The maximum absolute atomic E-state index is 12.6. The molecular weight excluding hydrogens is 361 g/mol. The lowest BCUT2D eigenvalue weighted by atomic mass is 10.0. The first-order valence-corrected chi connectivity index (χ1v) is 8.91. The van der Waals surface area contributed by atoms with Crippen molar-refractivity contribution in [3.8, 4) is 0 Å². The Kier molecular flexibility index (Phi) is 9.25. The van der Waals surface area contributed by atoms with E-state index in [9.17, 15) is 9.59 Å². The van der Waals surface area contributed by atoms with Crippen LogP contribution in [0.2, 0.25) is 5.02 Å². The second kappa shape index (κ2) is 10.6. The van der Waals surface area contributed by atoms with Crippen LogP contribution in [-0.4, -0.2) is 42.4 Å². The number of piperazine rings is 1. The molecule has 1 aromatic rings. The third kappa shape index (κ3) is 6.49. The van der Waals surface area contributed by atoms with Crippen molar-refractivity contribution in [3.05, 3.63) is 34.9 Å². The highest BCUT2D eigenvalue weighted by Crippen LogP contribution is 2.29. The molecule has 0 aromatic heterocycles. The average molecular weight is 388 g/mol. The first kappa shape index (κ1) is 21.7. The molecule has 1 aliphatic heterocycles. The van der Waals surface area contributed by atoms with Crippen LogP contribution >= 0.6 is 24.0 Å². The van der Waals surface area contributed by atoms with E-state index in [2.05, 4.69) is 10.6 Å². The smallest absolute Gasteiger partial charge is 0.223 e. The molecule has 0 bridgehead atoms. The lowest BCUT2D eigenvalue weighted by Gasteiger charge is -2.37. The van der Waals surface area contributed by atoms with Crippen molar-refractivity contribution in [2.45, 2.75) is 45.2 Å². The summed E-state index contributed by atoms with van der Waals surface area (Å²) in [5.74, 6) is 0.0829. The SMILES string of the molecule is CC(C)NC(=O)CCCC(=O)N1CCNCC1c1ccccc1Cl.Cl. The number of nitrogens with zero attached hydrogens (tertiary/aromatic N) is 1. The highest BCUT2D eigenvalue weighted by molar-refractivity contribution is 6.31. The topological polar surface area (TPSA) is 61.4 Å². The molecule has 25 heavy (non-hydrogen) atoms. The maximum Gasteiger partial charge on any atom is 0.223 e. The van der Waals surface area contributed by atoms with Gasteiger partial charge in [-0.3, -0.25) is 9.59 Å². The van der Waals surface area contributed by atoms with Crippen molar-refractivity contribution < 1.29 is 9.59 Å². The number of rotatable bonds is 6. The minimum absolute atomic E-state index is 0. The van der Waals surface area contributed by atoms with Crippen LogP contribution in [0.25, 0.3) is 0 Å². The van der Waals surface area contributed by atoms with E-state index in [-0.39, 0.29) is 36.3 Å². The quantitative estimate of drug-likeness (QED) is 0.788. The Labute approximate surface area is 160 Å². The summed E-state index contributed by atoms with van der Waals surface area (Å²) < 4.78 is 0. The van der Waals surface area contributed by atoms with Crippen molar-refractivity contribution in [2.24, 2.45) is 0 Å². The fraction of sp³-hybridized carbons (Fsp3) is 0.556. The largest absolute Gasteiger partial charge is 0.354 e. The molecular formula is C18H27Cl2N3O2. The molecule has 1 saturated heterocycles. The average Bonchev–Trinajstić information content (AvgIpc) is 2.54. The molecule has 7 heteroatoms. The van der Waals surface area contributed by atoms with Gasteiger partial charge in [0.1, 0.15) is 0 Å². The molecule has 0 aliphatic carbocycles.